The van der Waals surface area contributed by atoms with Gasteiger partial charge in [0.2, 0.25) is 0 Å². The van der Waals surface area contributed by atoms with Crippen LogP contribution in [-0.2, 0) is 5.41 Å². The van der Waals surface area contributed by atoms with E-state index >= 15 is 0 Å². The number of benzene rings is 1. The Balaban J connectivity index is 3.19. The predicted molar refractivity (Wildman–Crippen MR) is 61.5 cm³/mol. The summed E-state index contributed by atoms with van der Waals surface area (Å²) in [7, 11) is 0. The van der Waals surface area contributed by atoms with Crippen LogP contribution in [0, 0.1) is 0 Å². The zero-order valence-corrected chi connectivity index (χ0v) is 9.33. The highest BCUT2D eigenvalue weighted by molar-refractivity contribution is 5.58. The van der Waals surface area contributed by atoms with Gasteiger partial charge in [-0.15, -0.1) is 0 Å². The number of hydrogen-bond donors (Lipinski definition) is 1. The first-order valence-electron chi connectivity index (χ1n) is 4.91. The molecule has 0 aliphatic rings. The van der Waals surface area contributed by atoms with Crippen molar-refractivity contribution in [1.29, 1.82) is 0 Å². The zero-order chi connectivity index (χ0) is 10.8. The molecule has 14 heavy (non-hydrogen) atoms. The van der Waals surface area contributed by atoms with Crippen molar-refractivity contribution < 1.29 is 5.11 Å². The molecule has 0 bridgehead atoms. The van der Waals surface area contributed by atoms with Crippen LogP contribution in [0.5, 0.6) is 5.75 Å². The minimum atomic E-state index is 0.129. The third-order valence-electron chi connectivity index (χ3n) is 2.24. The highest BCUT2D eigenvalue weighted by atomic mass is 16.3. The Labute approximate surface area is 86.1 Å². The zero-order valence-electron chi connectivity index (χ0n) is 9.33. The molecule has 0 atom stereocenters. The van der Waals surface area contributed by atoms with E-state index in [1.54, 1.807) is 6.07 Å². The molecule has 1 aromatic carbocycles. The van der Waals surface area contributed by atoms with Crippen molar-refractivity contribution in [2.75, 3.05) is 0 Å². The van der Waals surface area contributed by atoms with Crippen LogP contribution in [0.25, 0.3) is 6.08 Å². The molecule has 0 aliphatic heterocycles. The molecule has 0 aromatic heterocycles. The third-order valence-corrected chi connectivity index (χ3v) is 2.24. The van der Waals surface area contributed by atoms with E-state index < -0.39 is 0 Å². The van der Waals surface area contributed by atoms with E-state index in [0.717, 1.165) is 5.56 Å². The van der Waals surface area contributed by atoms with Crippen LogP contribution in [0.2, 0.25) is 0 Å². The molecule has 0 heterocycles. The summed E-state index contributed by atoms with van der Waals surface area (Å²) in [5, 5.41) is 9.58. The Kier molecular flexibility index (Phi) is 3.00. The molecule has 0 spiro atoms. The van der Waals surface area contributed by atoms with Crippen LogP contribution in [0.3, 0.4) is 0 Å². The Hall–Kier alpha value is -1.24. The van der Waals surface area contributed by atoms with E-state index in [-0.39, 0.29) is 5.41 Å². The first kappa shape index (κ1) is 10.8. The summed E-state index contributed by atoms with van der Waals surface area (Å²) in [6.45, 7) is 8.44. The molecule has 1 nitrogen and oxygen atoms in total. The second-order valence-corrected chi connectivity index (χ2v) is 4.52. The van der Waals surface area contributed by atoms with Crippen LogP contribution in [0.15, 0.2) is 24.3 Å². The molecule has 0 radical (unpaired) electrons. The van der Waals surface area contributed by atoms with Gasteiger partial charge in [0.15, 0.2) is 0 Å². The Bertz CT molecular complexity index is 343. The molecule has 0 amide bonds. The lowest BCUT2D eigenvalue weighted by molar-refractivity contribution is 0.472. The lowest BCUT2D eigenvalue weighted by Crippen LogP contribution is -2.10. The summed E-state index contributed by atoms with van der Waals surface area (Å²) in [6, 6.07) is 5.77. The first-order chi connectivity index (χ1) is 6.45. The van der Waals surface area contributed by atoms with E-state index in [1.165, 1.54) is 5.56 Å². The van der Waals surface area contributed by atoms with E-state index in [0.29, 0.717) is 5.75 Å². The molecule has 76 valence electrons. The standard InChI is InChI=1S/C13H18O/c1-5-6-10-9-11(13(2,3)4)7-8-12(10)14/h5-9,14H,1-4H3/b6-5+. The van der Waals surface area contributed by atoms with Gasteiger partial charge in [-0.05, 0) is 30.0 Å². The van der Waals surface area contributed by atoms with Gasteiger partial charge in [-0.3, -0.25) is 0 Å². The van der Waals surface area contributed by atoms with Gasteiger partial charge in [0.1, 0.15) is 5.75 Å². The summed E-state index contributed by atoms with van der Waals surface area (Å²) in [4.78, 5) is 0. The van der Waals surface area contributed by atoms with Crippen molar-refractivity contribution in [3.63, 3.8) is 0 Å². The quantitative estimate of drug-likeness (QED) is 0.715. The average molecular weight is 190 g/mol. The van der Waals surface area contributed by atoms with Crippen molar-refractivity contribution >= 4 is 6.08 Å². The SMILES string of the molecule is C/C=C/c1cc(C(C)(C)C)ccc1O. The van der Waals surface area contributed by atoms with Crippen LogP contribution >= 0.6 is 0 Å². The summed E-state index contributed by atoms with van der Waals surface area (Å²) >= 11 is 0. The third kappa shape index (κ3) is 2.38. The molecule has 1 aromatic rings. The number of aromatic hydroxyl groups is 1. The Morgan fingerprint density at radius 2 is 1.86 bits per heavy atom. The maximum absolute atomic E-state index is 9.58. The average Bonchev–Trinajstić information content (AvgIpc) is 2.07. The summed E-state index contributed by atoms with van der Waals surface area (Å²) < 4.78 is 0. The number of allylic oxidation sites excluding steroid dienone is 1. The molecule has 1 heteroatoms. The molecular weight excluding hydrogens is 172 g/mol. The molecule has 1 N–H and O–H groups in total. The molecule has 0 saturated carbocycles. The van der Waals surface area contributed by atoms with Gasteiger partial charge in [0.25, 0.3) is 0 Å². The highest BCUT2D eigenvalue weighted by Gasteiger charge is 2.14. The minimum Gasteiger partial charge on any atom is -0.507 e. The fourth-order valence-electron chi connectivity index (χ4n) is 1.33. The van der Waals surface area contributed by atoms with Gasteiger partial charge in [0.05, 0.1) is 0 Å². The van der Waals surface area contributed by atoms with Gasteiger partial charge >= 0.3 is 0 Å². The van der Waals surface area contributed by atoms with Crippen molar-refractivity contribution in [1.82, 2.24) is 0 Å². The molecule has 0 aliphatic carbocycles. The summed E-state index contributed by atoms with van der Waals surface area (Å²) in [5.41, 5.74) is 2.26. The molecular formula is C13H18O. The van der Waals surface area contributed by atoms with Crippen LogP contribution in [0.4, 0.5) is 0 Å². The van der Waals surface area contributed by atoms with Crippen LogP contribution < -0.4 is 0 Å². The molecule has 0 fully saturated rings. The van der Waals surface area contributed by atoms with Gasteiger partial charge in [0, 0.05) is 5.56 Å². The number of phenols is 1. The van der Waals surface area contributed by atoms with Crippen LogP contribution in [-0.4, -0.2) is 5.11 Å². The maximum Gasteiger partial charge on any atom is 0.122 e. The van der Waals surface area contributed by atoms with E-state index in [4.69, 9.17) is 0 Å². The topological polar surface area (TPSA) is 20.2 Å². The van der Waals surface area contributed by atoms with Gasteiger partial charge in [-0.25, -0.2) is 0 Å². The second-order valence-electron chi connectivity index (χ2n) is 4.52. The molecule has 0 unspecified atom stereocenters. The summed E-state index contributed by atoms with van der Waals surface area (Å²) in [6.07, 6.45) is 3.85. The predicted octanol–water partition coefficient (Wildman–Crippen LogP) is 3.72. The van der Waals surface area contributed by atoms with Crippen molar-refractivity contribution in [2.45, 2.75) is 33.1 Å². The van der Waals surface area contributed by atoms with Gasteiger partial charge < -0.3 is 5.11 Å². The smallest absolute Gasteiger partial charge is 0.122 e. The Morgan fingerprint density at radius 1 is 1.21 bits per heavy atom. The Morgan fingerprint density at radius 3 is 2.36 bits per heavy atom. The van der Waals surface area contributed by atoms with E-state index in [9.17, 15) is 5.11 Å². The maximum atomic E-state index is 9.58. The first-order valence-corrected chi connectivity index (χ1v) is 4.91. The second kappa shape index (κ2) is 3.87. The van der Waals surface area contributed by atoms with Crippen molar-refractivity contribution in [3.8, 4) is 5.75 Å². The van der Waals surface area contributed by atoms with E-state index in [1.807, 2.05) is 31.2 Å². The number of hydrogen-bond acceptors (Lipinski definition) is 1. The van der Waals surface area contributed by atoms with Crippen LogP contribution in [0.1, 0.15) is 38.8 Å². The minimum absolute atomic E-state index is 0.129. The normalized spacial score (nSPS) is 12.3. The largest absolute Gasteiger partial charge is 0.507 e. The number of phenolic OH excluding ortho intramolecular Hbond substituents is 1. The fourth-order valence-corrected chi connectivity index (χ4v) is 1.33. The van der Waals surface area contributed by atoms with Gasteiger partial charge in [-0.2, -0.15) is 0 Å². The molecule has 1 rings (SSSR count). The lowest BCUT2D eigenvalue weighted by atomic mass is 9.86. The summed E-state index contributed by atoms with van der Waals surface area (Å²) in [5.74, 6) is 0.344. The van der Waals surface area contributed by atoms with Crippen molar-refractivity contribution in [2.24, 2.45) is 0 Å². The number of rotatable bonds is 1. The fraction of sp³-hybridized carbons (Fsp3) is 0.385. The highest BCUT2D eigenvalue weighted by Crippen LogP contribution is 2.27. The lowest BCUT2D eigenvalue weighted by Gasteiger charge is -2.19. The van der Waals surface area contributed by atoms with E-state index in [2.05, 4.69) is 20.8 Å². The van der Waals surface area contributed by atoms with Crippen molar-refractivity contribution in [3.05, 3.63) is 35.4 Å². The monoisotopic (exact) mass is 190 g/mol. The van der Waals surface area contributed by atoms with Gasteiger partial charge in [-0.1, -0.05) is 39.0 Å². The molecule has 0 saturated heterocycles.